The van der Waals surface area contributed by atoms with Gasteiger partial charge in [-0.05, 0) is 28.6 Å². The van der Waals surface area contributed by atoms with Crippen molar-refractivity contribution >= 4 is 17.6 Å². The van der Waals surface area contributed by atoms with Gasteiger partial charge >= 0.3 is 5.97 Å². The maximum absolute atomic E-state index is 10.5. The fraction of sp³-hybridized carbons (Fsp3) is 0.200. The molecule has 8 heteroatoms. The van der Waals surface area contributed by atoms with Crippen LogP contribution in [0.5, 0.6) is 5.75 Å². The number of aromatic nitrogens is 4. The predicted molar refractivity (Wildman–Crippen MR) is 62.2 cm³/mol. The third kappa shape index (κ3) is 2.57. The van der Waals surface area contributed by atoms with Gasteiger partial charge in [0.1, 0.15) is 5.75 Å². The van der Waals surface area contributed by atoms with Gasteiger partial charge in [-0.15, -0.1) is 5.10 Å². The summed E-state index contributed by atoms with van der Waals surface area (Å²) in [5, 5.41) is 29.7. The van der Waals surface area contributed by atoms with Crippen LogP contribution in [0.15, 0.2) is 18.2 Å². The Bertz CT molecular complexity index is 584. The number of aromatic hydroxyl groups is 1. The Hall–Kier alpha value is -2.15. The molecule has 2 rings (SSSR count). The number of rotatable bonds is 4. The number of hydrogen-bond donors (Lipinski definition) is 2. The Kier molecular flexibility index (Phi) is 3.42. The zero-order valence-electron chi connectivity index (χ0n) is 9.12. The highest BCUT2D eigenvalue weighted by molar-refractivity contribution is 6.30. The van der Waals surface area contributed by atoms with Crippen molar-refractivity contribution in [2.75, 3.05) is 0 Å². The maximum atomic E-state index is 10.5. The van der Waals surface area contributed by atoms with E-state index in [9.17, 15) is 9.90 Å². The molecule has 0 unspecified atom stereocenters. The summed E-state index contributed by atoms with van der Waals surface area (Å²) in [5.41, 5.74) is 0.359. The lowest BCUT2D eigenvalue weighted by Gasteiger charge is -2.05. The monoisotopic (exact) mass is 268 g/mol. The Balaban J connectivity index is 2.36. The number of carbonyl (C=O) groups is 1. The standard InChI is InChI=1S/C10H9ClN4O3/c11-6-1-2-8(16)7(5-6)10-12-13-14-15(10)4-3-9(17)18/h1-2,5,16H,3-4H2,(H,17,18). The largest absolute Gasteiger partial charge is 0.507 e. The smallest absolute Gasteiger partial charge is 0.305 e. The highest BCUT2D eigenvalue weighted by Crippen LogP contribution is 2.29. The molecule has 0 fully saturated rings. The molecule has 1 heterocycles. The van der Waals surface area contributed by atoms with E-state index in [0.717, 1.165) is 0 Å². The van der Waals surface area contributed by atoms with Gasteiger partial charge in [0.2, 0.25) is 0 Å². The molecule has 0 aliphatic heterocycles. The van der Waals surface area contributed by atoms with Crippen LogP contribution in [0.2, 0.25) is 5.02 Å². The van der Waals surface area contributed by atoms with Crippen molar-refractivity contribution < 1.29 is 15.0 Å². The number of phenolic OH excluding ortho intramolecular Hbond substituents is 1. The van der Waals surface area contributed by atoms with Crippen molar-refractivity contribution in [2.24, 2.45) is 0 Å². The number of nitrogens with zero attached hydrogens (tertiary/aromatic N) is 4. The molecule has 0 spiro atoms. The summed E-state index contributed by atoms with van der Waals surface area (Å²) in [7, 11) is 0. The summed E-state index contributed by atoms with van der Waals surface area (Å²) < 4.78 is 1.31. The average Bonchev–Trinajstić information content (AvgIpc) is 2.77. The molecule has 7 nitrogen and oxygen atoms in total. The minimum Gasteiger partial charge on any atom is -0.507 e. The number of hydrogen-bond acceptors (Lipinski definition) is 5. The van der Waals surface area contributed by atoms with Crippen molar-refractivity contribution in [1.29, 1.82) is 0 Å². The van der Waals surface area contributed by atoms with Gasteiger partial charge in [0.15, 0.2) is 5.82 Å². The topological polar surface area (TPSA) is 101 Å². The molecule has 0 saturated carbocycles. The number of benzene rings is 1. The van der Waals surface area contributed by atoms with Crippen LogP contribution >= 0.6 is 11.6 Å². The molecule has 0 saturated heterocycles. The molecular weight excluding hydrogens is 260 g/mol. The molecule has 1 aromatic heterocycles. The summed E-state index contributed by atoms with van der Waals surface area (Å²) in [6.45, 7) is 0.115. The number of aliphatic carboxylic acids is 1. The van der Waals surface area contributed by atoms with Crippen LogP contribution in [0.1, 0.15) is 6.42 Å². The summed E-state index contributed by atoms with van der Waals surface area (Å²) in [4.78, 5) is 10.5. The summed E-state index contributed by atoms with van der Waals surface area (Å²) in [6, 6.07) is 4.47. The fourth-order valence-corrected chi connectivity index (χ4v) is 1.61. The first-order valence-corrected chi connectivity index (χ1v) is 5.42. The van der Waals surface area contributed by atoms with Crippen molar-refractivity contribution in [3.05, 3.63) is 23.2 Å². The first kappa shape index (κ1) is 12.3. The van der Waals surface area contributed by atoms with Crippen LogP contribution in [0, 0.1) is 0 Å². The Labute approximate surface area is 107 Å². The molecule has 0 bridgehead atoms. The summed E-state index contributed by atoms with van der Waals surface area (Å²) in [5.74, 6) is -0.700. The minimum absolute atomic E-state index is 0.0224. The molecule has 0 radical (unpaired) electrons. The highest BCUT2D eigenvalue weighted by atomic mass is 35.5. The number of phenols is 1. The quantitative estimate of drug-likeness (QED) is 0.863. The second kappa shape index (κ2) is 5.01. The van der Waals surface area contributed by atoms with Gasteiger partial charge in [-0.2, -0.15) is 0 Å². The minimum atomic E-state index is -0.952. The number of carboxylic acid groups (broad SMARTS) is 1. The number of carboxylic acids is 1. The van der Waals surface area contributed by atoms with Crippen molar-refractivity contribution in [3.63, 3.8) is 0 Å². The van der Waals surface area contributed by atoms with Gasteiger partial charge < -0.3 is 10.2 Å². The van der Waals surface area contributed by atoms with Crippen LogP contribution in [-0.2, 0) is 11.3 Å². The number of tetrazole rings is 1. The molecule has 1 aromatic carbocycles. The van der Waals surface area contributed by atoms with E-state index in [4.69, 9.17) is 16.7 Å². The van der Waals surface area contributed by atoms with Crippen LogP contribution in [0.4, 0.5) is 0 Å². The third-order valence-corrected chi connectivity index (χ3v) is 2.50. The molecule has 0 aliphatic carbocycles. The van der Waals surface area contributed by atoms with E-state index < -0.39 is 5.97 Å². The summed E-state index contributed by atoms with van der Waals surface area (Å²) in [6.07, 6.45) is -0.112. The van der Waals surface area contributed by atoms with Gasteiger partial charge in [-0.3, -0.25) is 4.79 Å². The van der Waals surface area contributed by atoms with Crippen LogP contribution < -0.4 is 0 Å². The lowest BCUT2D eigenvalue weighted by atomic mass is 10.2. The number of halogens is 1. The van der Waals surface area contributed by atoms with Gasteiger partial charge in [0.05, 0.1) is 18.5 Å². The lowest BCUT2D eigenvalue weighted by Crippen LogP contribution is -2.07. The first-order chi connectivity index (χ1) is 8.58. The lowest BCUT2D eigenvalue weighted by molar-refractivity contribution is -0.137. The number of aryl methyl sites for hydroxylation is 1. The van der Waals surface area contributed by atoms with Gasteiger partial charge in [-0.25, -0.2) is 4.68 Å². The first-order valence-electron chi connectivity index (χ1n) is 5.05. The SMILES string of the molecule is O=C(O)CCn1nnnc1-c1cc(Cl)ccc1O. The molecular formula is C10H9ClN4O3. The molecule has 18 heavy (non-hydrogen) atoms. The van der Waals surface area contributed by atoms with Gasteiger partial charge in [-0.1, -0.05) is 11.6 Å². The summed E-state index contributed by atoms with van der Waals surface area (Å²) >= 11 is 5.83. The van der Waals surface area contributed by atoms with E-state index in [1.54, 1.807) is 0 Å². The van der Waals surface area contributed by atoms with E-state index in [2.05, 4.69) is 15.5 Å². The van der Waals surface area contributed by atoms with Gasteiger partial charge in [0, 0.05) is 5.02 Å². The fourth-order valence-electron chi connectivity index (χ4n) is 1.44. The molecule has 0 amide bonds. The van der Waals surface area contributed by atoms with Crippen LogP contribution in [0.25, 0.3) is 11.4 Å². The predicted octanol–water partition coefficient (Wildman–Crippen LogP) is 1.17. The Morgan fingerprint density at radius 2 is 2.22 bits per heavy atom. The van der Waals surface area contributed by atoms with E-state index in [1.807, 2.05) is 0 Å². The van der Waals surface area contributed by atoms with Crippen molar-refractivity contribution in [3.8, 4) is 17.1 Å². The van der Waals surface area contributed by atoms with Crippen molar-refractivity contribution in [1.82, 2.24) is 20.2 Å². The normalized spacial score (nSPS) is 10.5. The van der Waals surface area contributed by atoms with Gasteiger partial charge in [0.25, 0.3) is 0 Å². The maximum Gasteiger partial charge on any atom is 0.305 e. The molecule has 2 aromatic rings. The Morgan fingerprint density at radius 3 is 2.94 bits per heavy atom. The second-order valence-corrected chi connectivity index (χ2v) is 3.97. The van der Waals surface area contributed by atoms with Crippen LogP contribution in [0.3, 0.4) is 0 Å². The highest BCUT2D eigenvalue weighted by Gasteiger charge is 2.14. The molecule has 2 N–H and O–H groups in total. The molecule has 94 valence electrons. The zero-order chi connectivity index (χ0) is 13.1. The van der Waals surface area contributed by atoms with Crippen LogP contribution in [-0.4, -0.2) is 36.4 Å². The second-order valence-electron chi connectivity index (χ2n) is 3.53. The zero-order valence-corrected chi connectivity index (χ0v) is 9.87. The van der Waals surface area contributed by atoms with E-state index >= 15 is 0 Å². The Morgan fingerprint density at radius 1 is 1.44 bits per heavy atom. The van der Waals surface area contributed by atoms with E-state index in [0.29, 0.717) is 10.6 Å². The third-order valence-electron chi connectivity index (χ3n) is 2.27. The van der Waals surface area contributed by atoms with E-state index in [-0.39, 0.29) is 24.5 Å². The van der Waals surface area contributed by atoms with E-state index in [1.165, 1.54) is 22.9 Å². The molecule has 0 atom stereocenters. The molecule has 0 aliphatic rings. The van der Waals surface area contributed by atoms with Crippen molar-refractivity contribution in [2.45, 2.75) is 13.0 Å². The average molecular weight is 269 g/mol.